The molecule has 0 spiro atoms. The molecule has 0 unspecified atom stereocenters. The minimum Gasteiger partial charge on any atom is -0.489 e. The molecule has 1 N–H and O–H groups in total. The summed E-state index contributed by atoms with van der Waals surface area (Å²) in [5.41, 5.74) is 1.05. The van der Waals surface area contributed by atoms with Gasteiger partial charge in [0.25, 0.3) is 0 Å². The second-order valence-corrected chi connectivity index (χ2v) is 7.30. The van der Waals surface area contributed by atoms with Crippen molar-refractivity contribution in [3.8, 4) is 5.75 Å². The van der Waals surface area contributed by atoms with Gasteiger partial charge in [0.1, 0.15) is 12.4 Å². The Morgan fingerprint density at radius 2 is 1.91 bits per heavy atom. The van der Waals surface area contributed by atoms with Crippen molar-refractivity contribution in [2.75, 3.05) is 55.3 Å². The molecule has 2 aliphatic rings. The second-order valence-electron chi connectivity index (χ2n) is 5.40. The summed E-state index contributed by atoms with van der Waals surface area (Å²) in [6.45, 7) is 2.73. The second kappa shape index (κ2) is 6.25. The van der Waals surface area contributed by atoms with Gasteiger partial charge in [-0.25, -0.2) is 13.2 Å². The van der Waals surface area contributed by atoms with Gasteiger partial charge < -0.3 is 19.7 Å². The van der Waals surface area contributed by atoms with E-state index in [1.165, 1.54) is 4.31 Å². The first-order valence-corrected chi connectivity index (χ1v) is 9.18. The molecule has 1 aromatic rings. The number of carbonyl (C=O) groups is 1. The summed E-state index contributed by atoms with van der Waals surface area (Å²) in [6, 6.07) is 4.75. The van der Waals surface area contributed by atoms with Crippen LogP contribution in [0.1, 0.15) is 0 Å². The van der Waals surface area contributed by atoms with Crippen molar-refractivity contribution in [1.82, 2.24) is 4.90 Å². The summed E-state index contributed by atoms with van der Waals surface area (Å²) >= 11 is 0. The van der Waals surface area contributed by atoms with E-state index < -0.39 is 10.0 Å². The summed E-state index contributed by atoms with van der Waals surface area (Å²) in [5, 5.41) is 2.80. The van der Waals surface area contributed by atoms with Crippen molar-refractivity contribution < 1.29 is 22.7 Å². The van der Waals surface area contributed by atoms with Crippen LogP contribution < -0.4 is 14.4 Å². The molecule has 0 aromatic heterocycles. The number of morpholine rings is 1. The van der Waals surface area contributed by atoms with Crippen LogP contribution >= 0.6 is 0 Å². The molecule has 1 fully saturated rings. The summed E-state index contributed by atoms with van der Waals surface area (Å²) in [5.74, 6) is 0.446. The molecule has 0 radical (unpaired) electrons. The lowest BCUT2D eigenvalue weighted by atomic mass is 10.2. The molecule has 0 aliphatic carbocycles. The molecule has 126 valence electrons. The zero-order valence-electron chi connectivity index (χ0n) is 12.8. The number of amides is 2. The predicted molar refractivity (Wildman–Crippen MR) is 85.5 cm³/mol. The van der Waals surface area contributed by atoms with Crippen LogP contribution in [-0.4, -0.2) is 65.1 Å². The van der Waals surface area contributed by atoms with Gasteiger partial charge in [-0.1, -0.05) is 0 Å². The van der Waals surface area contributed by atoms with Crippen molar-refractivity contribution in [3.63, 3.8) is 0 Å². The van der Waals surface area contributed by atoms with Gasteiger partial charge in [0.2, 0.25) is 10.0 Å². The highest BCUT2D eigenvalue weighted by Crippen LogP contribution is 2.35. The smallest absolute Gasteiger partial charge is 0.322 e. The Bertz CT molecular complexity index is 700. The Morgan fingerprint density at radius 1 is 1.17 bits per heavy atom. The molecular formula is C14H19N3O5S. The number of rotatable bonds is 2. The van der Waals surface area contributed by atoms with Gasteiger partial charge in [-0.15, -0.1) is 0 Å². The first-order valence-electron chi connectivity index (χ1n) is 7.33. The number of nitrogens with zero attached hydrogens (tertiary/aromatic N) is 2. The Labute approximate surface area is 135 Å². The maximum Gasteiger partial charge on any atom is 0.322 e. The van der Waals surface area contributed by atoms with Gasteiger partial charge in [0, 0.05) is 24.8 Å². The van der Waals surface area contributed by atoms with Crippen molar-refractivity contribution in [1.29, 1.82) is 0 Å². The van der Waals surface area contributed by atoms with Gasteiger partial charge >= 0.3 is 6.03 Å². The lowest BCUT2D eigenvalue weighted by Crippen LogP contribution is -2.43. The molecule has 0 bridgehead atoms. The third-order valence-electron chi connectivity index (χ3n) is 3.73. The number of sulfonamides is 1. The number of benzene rings is 1. The standard InChI is InChI=1S/C14H19N3O5S/c1-23(19,20)17-6-9-22-13-10-11(2-3-12(13)17)15-14(18)16-4-7-21-8-5-16/h2-3,10H,4-9H2,1H3,(H,15,18). The number of ether oxygens (including phenoxy) is 2. The van der Waals surface area contributed by atoms with Crippen molar-refractivity contribution in [2.45, 2.75) is 0 Å². The molecule has 1 aromatic carbocycles. The van der Waals surface area contributed by atoms with Gasteiger partial charge in [0.15, 0.2) is 0 Å². The van der Waals surface area contributed by atoms with E-state index in [1.807, 2.05) is 0 Å². The monoisotopic (exact) mass is 341 g/mol. The van der Waals surface area contributed by atoms with Gasteiger partial charge in [-0.3, -0.25) is 4.31 Å². The molecule has 8 nitrogen and oxygen atoms in total. The van der Waals surface area contributed by atoms with E-state index in [0.29, 0.717) is 43.4 Å². The summed E-state index contributed by atoms with van der Waals surface area (Å²) in [6.07, 6.45) is 1.16. The van der Waals surface area contributed by atoms with E-state index in [4.69, 9.17) is 9.47 Å². The summed E-state index contributed by atoms with van der Waals surface area (Å²) in [4.78, 5) is 13.8. The van der Waals surface area contributed by atoms with Crippen molar-refractivity contribution in [2.24, 2.45) is 0 Å². The molecule has 23 heavy (non-hydrogen) atoms. The Balaban J connectivity index is 1.77. The largest absolute Gasteiger partial charge is 0.489 e. The Hall–Kier alpha value is -2.00. The zero-order valence-corrected chi connectivity index (χ0v) is 13.6. The highest BCUT2D eigenvalue weighted by atomic mass is 32.2. The summed E-state index contributed by atoms with van der Waals surface area (Å²) < 4.78 is 35.6. The lowest BCUT2D eigenvalue weighted by Gasteiger charge is -2.30. The number of urea groups is 1. The highest BCUT2D eigenvalue weighted by molar-refractivity contribution is 7.92. The zero-order chi connectivity index (χ0) is 16.4. The van der Waals surface area contributed by atoms with E-state index in [-0.39, 0.29) is 19.2 Å². The van der Waals surface area contributed by atoms with E-state index >= 15 is 0 Å². The summed E-state index contributed by atoms with van der Waals surface area (Å²) in [7, 11) is -3.35. The maximum atomic E-state index is 12.2. The molecule has 1 saturated heterocycles. The number of anilines is 2. The number of hydrogen-bond donors (Lipinski definition) is 1. The average Bonchev–Trinajstić information content (AvgIpc) is 2.54. The first-order chi connectivity index (χ1) is 10.9. The van der Waals surface area contributed by atoms with E-state index in [9.17, 15) is 13.2 Å². The van der Waals surface area contributed by atoms with Crippen LogP contribution in [0.2, 0.25) is 0 Å². The van der Waals surface area contributed by atoms with Gasteiger partial charge in [-0.2, -0.15) is 0 Å². The topological polar surface area (TPSA) is 88.2 Å². The Morgan fingerprint density at radius 3 is 2.61 bits per heavy atom. The fraction of sp³-hybridized carbons (Fsp3) is 0.500. The molecule has 2 amide bonds. The fourth-order valence-corrected chi connectivity index (χ4v) is 3.50. The van der Waals surface area contributed by atoms with Crippen LogP contribution in [-0.2, 0) is 14.8 Å². The number of nitrogens with one attached hydrogen (secondary N) is 1. The highest BCUT2D eigenvalue weighted by Gasteiger charge is 2.25. The average molecular weight is 341 g/mol. The van der Waals surface area contributed by atoms with E-state index in [1.54, 1.807) is 23.1 Å². The minimum absolute atomic E-state index is 0.205. The third kappa shape index (κ3) is 3.50. The van der Waals surface area contributed by atoms with E-state index in [0.717, 1.165) is 6.26 Å². The molecule has 9 heteroatoms. The lowest BCUT2D eigenvalue weighted by molar-refractivity contribution is 0.0564. The molecule has 2 aliphatic heterocycles. The van der Waals surface area contributed by atoms with Crippen LogP contribution in [0.4, 0.5) is 16.2 Å². The third-order valence-corrected chi connectivity index (χ3v) is 4.91. The fourth-order valence-electron chi connectivity index (χ4n) is 2.59. The Kier molecular flexibility index (Phi) is 4.31. The van der Waals surface area contributed by atoms with Crippen molar-refractivity contribution >= 4 is 27.4 Å². The number of carbonyl (C=O) groups excluding carboxylic acids is 1. The molecular weight excluding hydrogens is 322 g/mol. The normalized spacial score (nSPS) is 18.1. The maximum absolute atomic E-state index is 12.2. The molecule has 0 atom stereocenters. The number of fused-ring (bicyclic) bond motifs is 1. The first kappa shape index (κ1) is 15.9. The van der Waals surface area contributed by atoms with E-state index in [2.05, 4.69) is 5.32 Å². The molecule has 3 rings (SSSR count). The molecule has 2 heterocycles. The van der Waals surface area contributed by atoms with Crippen LogP contribution in [0.5, 0.6) is 5.75 Å². The van der Waals surface area contributed by atoms with Gasteiger partial charge in [-0.05, 0) is 12.1 Å². The van der Waals surface area contributed by atoms with Gasteiger partial charge in [0.05, 0.1) is 31.7 Å². The predicted octanol–water partition coefficient (Wildman–Crippen LogP) is 0.709. The molecule has 0 saturated carbocycles. The van der Waals surface area contributed by atoms with Crippen molar-refractivity contribution in [3.05, 3.63) is 18.2 Å². The van der Waals surface area contributed by atoms with Crippen LogP contribution in [0.15, 0.2) is 18.2 Å². The van der Waals surface area contributed by atoms with Crippen LogP contribution in [0.3, 0.4) is 0 Å². The quantitative estimate of drug-likeness (QED) is 0.856. The van der Waals surface area contributed by atoms with Crippen LogP contribution in [0, 0.1) is 0 Å². The van der Waals surface area contributed by atoms with Crippen LogP contribution in [0.25, 0.3) is 0 Å². The minimum atomic E-state index is -3.35. The SMILES string of the molecule is CS(=O)(=O)N1CCOc2cc(NC(=O)N3CCOCC3)ccc21. The number of hydrogen-bond acceptors (Lipinski definition) is 5.